The van der Waals surface area contributed by atoms with Gasteiger partial charge in [-0.2, -0.15) is 0 Å². The van der Waals surface area contributed by atoms with Gasteiger partial charge in [-0.1, -0.05) is 19.9 Å². The summed E-state index contributed by atoms with van der Waals surface area (Å²) < 4.78 is 0. The fraction of sp³-hybridized carbons (Fsp3) is 0.545. The number of hydrogen-bond acceptors (Lipinski definition) is 3. The molecule has 1 aromatic heterocycles. The molecule has 4 heteroatoms. The molecule has 0 aliphatic carbocycles. The second-order valence-corrected chi connectivity index (χ2v) is 4.01. The van der Waals surface area contributed by atoms with E-state index in [2.05, 4.69) is 24.1 Å². The number of H-pyrrole nitrogens is 1. The lowest BCUT2D eigenvalue weighted by Gasteiger charge is -2.20. The lowest BCUT2D eigenvalue weighted by molar-refractivity contribution is 0.403. The average Bonchev–Trinajstić information content (AvgIpc) is 2.18. The zero-order valence-electron chi connectivity index (χ0n) is 9.29. The van der Waals surface area contributed by atoms with Crippen molar-refractivity contribution in [3.63, 3.8) is 0 Å². The Labute approximate surface area is 89.9 Å². The molecule has 84 valence electrons. The van der Waals surface area contributed by atoms with Crippen LogP contribution in [0.25, 0.3) is 0 Å². The first-order chi connectivity index (χ1) is 7.13. The summed E-state index contributed by atoms with van der Waals surface area (Å²) in [5.41, 5.74) is 6.46. The van der Waals surface area contributed by atoms with Crippen LogP contribution < -0.4 is 16.6 Å². The van der Waals surface area contributed by atoms with E-state index in [0.717, 1.165) is 5.69 Å². The van der Waals surface area contributed by atoms with E-state index in [-0.39, 0.29) is 11.6 Å². The highest BCUT2D eigenvalue weighted by Crippen LogP contribution is 2.00. The molecule has 1 aromatic rings. The SMILES string of the molecule is CC(C)C(CN)NCc1cccc(=O)[nH]1. The van der Waals surface area contributed by atoms with Crippen molar-refractivity contribution in [1.82, 2.24) is 10.3 Å². The molecule has 0 aliphatic heterocycles. The first-order valence-electron chi connectivity index (χ1n) is 5.25. The van der Waals surface area contributed by atoms with Crippen molar-refractivity contribution in [3.8, 4) is 0 Å². The van der Waals surface area contributed by atoms with Crippen LogP contribution in [0.1, 0.15) is 19.5 Å². The molecule has 0 aromatic carbocycles. The van der Waals surface area contributed by atoms with Crippen LogP contribution in [0.5, 0.6) is 0 Å². The Morgan fingerprint density at radius 2 is 2.20 bits per heavy atom. The Morgan fingerprint density at radius 1 is 1.47 bits per heavy atom. The molecule has 4 N–H and O–H groups in total. The summed E-state index contributed by atoms with van der Waals surface area (Å²) in [4.78, 5) is 13.8. The first kappa shape index (κ1) is 11.9. The molecule has 1 rings (SSSR count). The molecule has 0 spiro atoms. The van der Waals surface area contributed by atoms with Gasteiger partial charge in [0, 0.05) is 30.9 Å². The van der Waals surface area contributed by atoms with Crippen molar-refractivity contribution < 1.29 is 0 Å². The van der Waals surface area contributed by atoms with Gasteiger partial charge in [-0.15, -0.1) is 0 Å². The van der Waals surface area contributed by atoms with E-state index >= 15 is 0 Å². The maximum atomic E-state index is 11.0. The zero-order chi connectivity index (χ0) is 11.3. The Hall–Kier alpha value is -1.13. The van der Waals surface area contributed by atoms with Gasteiger partial charge in [0.1, 0.15) is 0 Å². The standard InChI is InChI=1S/C11H19N3O/c1-8(2)10(6-12)13-7-9-4-3-5-11(15)14-9/h3-5,8,10,13H,6-7,12H2,1-2H3,(H,14,15). The van der Waals surface area contributed by atoms with Gasteiger partial charge in [-0.3, -0.25) is 4.79 Å². The highest BCUT2D eigenvalue weighted by atomic mass is 16.1. The summed E-state index contributed by atoms with van der Waals surface area (Å²) >= 11 is 0. The summed E-state index contributed by atoms with van der Waals surface area (Å²) in [5, 5.41) is 3.32. The molecule has 0 amide bonds. The van der Waals surface area contributed by atoms with Crippen molar-refractivity contribution in [3.05, 3.63) is 34.2 Å². The zero-order valence-corrected chi connectivity index (χ0v) is 9.29. The smallest absolute Gasteiger partial charge is 0.248 e. The quantitative estimate of drug-likeness (QED) is 0.659. The summed E-state index contributed by atoms with van der Waals surface area (Å²) in [6.07, 6.45) is 0. The number of pyridine rings is 1. The van der Waals surface area contributed by atoms with Crippen LogP contribution in [-0.2, 0) is 6.54 Å². The number of aromatic amines is 1. The average molecular weight is 209 g/mol. The normalized spacial score (nSPS) is 13.1. The predicted molar refractivity (Wildman–Crippen MR) is 61.6 cm³/mol. The second kappa shape index (κ2) is 5.68. The van der Waals surface area contributed by atoms with Gasteiger partial charge < -0.3 is 16.0 Å². The molecule has 15 heavy (non-hydrogen) atoms. The van der Waals surface area contributed by atoms with Crippen LogP contribution in [0.4, 0.5) is 0 Å². The van der Waals surface area contributed by atoms with Gasteiger partial charge in [-0.05, 0) is 12.0 Å². The van der Waals surface area contributed by atoms with Gasteiger partial charge in [0.2, 0.25) is 5.56 Å². The highest BCUT2D eigenvalue weighted by Gasteiger charge is 2.09. The number of hydrogen-bond donors (Lipinski definition) is 3. The van der Waals surface area contributed by atoms with E-state index in [9.17, 15) is 4.79 Å². The Bertz CT molecular complexity index is 346. The first-order valence-corrected chi connectivity index (χ1v) is 5.25. The van der Waals surface area contributed by atoms with Crippen molar-refractivity contribution in [2.75, 3.05) is 6.54 Å². The fourth-order valence-electron chi connectivity index (χ4n) is 1.43. The van der Waals surface area contributed by atoms with Crippen molar-refractivity contribution in [2.24, 2.45) is 11.7 Å². The molecule has 0 saturated heterocycles. The van der Waals surface area contributed by atoms with E-state index in [4.69, 9.17) is 5.73 Å². The van der Waals surface area contributed by atoms with E-state index in [1.165, 1.54) is 6.07 Å². The van der Waals surface area contributed by atoms with Gasteiger partial charge in [0.05, 0.1) is 0 Å². The highest BCUT2D eigenvalue weighted by molar-refractivity contribution is 5.03. The van der Waals surface area contributed by atoms with Crippen LogP contribution in [0, 0.1) is 5.92 Å². The van der Waals surface area contributed by atoms with Crippen LogP contribution in [0.3, 0.4) is 0 Å². The third-order valence-corrected chi connectivity index (χ3v) is 2.44. The third kappa shape index (κ3) is 3.85. The maximum absolute atomic E-state index is 11.0. The number of rotatable bonds is 5. The van der Waals surface area contributed by atoms with Gasteiger partial charge in [0.25, 0.3) is 0 Å². The summed E-state index contributed by atoms with van der Waals surface area (Å²) in [7, 11) is 0. The number of nitrogens with two attached hydrogens (primary N) is 1. The van der Waals surface area contributed by atoms with Crippen LogP contribution in [-0.4, -0.2) is 17.6 Å². The fourth-order valence-corrected chi connectivity index (χ4v) is 1.43. The predicted octanol–water partition coefficient (Wildman–Crippen LogP) is 0.448. The van der Waals surface area contributed by atoms with Crippen LogP contribution >= 0.6 is 0 Å². The largest absolute Gasteiger partial charge is 0.329 e. The second-order valence-electron chi connectivity index (χ2n) is 4.01. The summed E-state index contributed by atoms with van der Waals surface area (Å²) in [6, 6.07) is 5.44. The van der Waals surface area contributed by atoms with Crippen molar-refractivity contribution in [2.45, 2.75) is 26.4 Å². The Kier molecular flexibility index (Phi) is 4.52. The summed E-state index contributed by atoms with van der Waals surface area (Å²) in [6.45, 7) is 5.50. The van der Waals surface area contributed by atoms with Crippen molar-refractivity contribution in [1.29, 1.82) is 0 Å². The Balaban J connectivity index is 2.52. The van der Waals surface area contributed by atoms with Gasteiger partial charge in [0.15, 0.2) is 0 Å². The molecule has 0 saturated carbocycles. The molecule has 4 nitrogen and oxygen atoms in total. The van der Waals surface area contributed by atoms with Gasteiger partial charge >= 0.3 is 0 Å². The maximum Gasteiger partial charge on any atom is 0.248 e. The van der Waals surface area contributed by atoms with E-state index in [1.54, 1.807) is 6.07 Å². The van der Waals surface area contributed by atoms with Gasteiger partial charge in [-0.25, -0.2) is 0 Å². The minimum atomic E-state index is -0.0665. The van der Waals surface area contributed by atoms with Crippen LogP contribution in [0.15, 0.2) is 23.0 Å². The molecule has 1 unspecified atom stereocenters. The van der Waals surface area contributed by atoms with E-state index in [0.29, 0.717) is 19.0 Å². The lowest BCUT2D eigenvalue weighted by atomic mass is 10.0. The molecule has 0 aliphatic rings. The van der Waals surface area contributed by atoms with Crippen LogP contribution in [0.2, 0.25) is 0 Å². The molecular formula is C11H19N3O. The Morgan fingerprint density at radius 3 is 2.73 bits per heavy atom. The molecule has 1 heterocycles. The number of aromatic nitrogens is 1. The minimum Gasteiger partial charge on any atom is -0.329 e. The molecule has 0 bridgehead atoms. The minimum absolute atomic E-state index is 0.0665. The van der Waals surface area contributed by atoms with E-state index in [1.807, 2.05) is 6.07 Å². The van der Waals surface area contributed by atoms with E-state index < -0.39 is 0 Å². The molecule has 0 radical (unpaired) electrons. The topological polar surface area (TPSA) is 70.9 Å². The lowest BCUT2D eigenvalue weighted by Crippen LogP contribution is -2.40. The molecule has 1 atom stereocenters. The van der Waals surface area contributed by atoms with Crippen molar-refractivity contribution >= 4 is 0 Å². The monoisotopic (exact) mass is 209 g/mol. The summed E-state index contributed by atoms with van der Waals surface area (Å²) in [5.74, 6) is 0.491. The molecular weight excluding hydrogens is 190 g/mol. The number of nitrogens with one attached hydrogen (secondary N) is 2. The third-order valence-electron chi connectivity index (χ3n) is 2.44. The molecule has 0 fully saturated rings.